The molecule has 2 fully saturated rings. The van der Waals surface area contributed by atoms with E-state index < -0.39 is 0 Å². The predicted molar refractivity (Wildman–Crippen MR) is 156 cm³/mol. The van der Waals surface area contributed by atoms with Crippen molar-refractivity contribution in [2.45, 2.75) is 57.5 Å². The van der Waals surface area contributed by atoms with Crippen LogP contribution in [0.3, 0.4) is 0 Å². The number of aromatic nitrogens is 8. The molecule has 2 aliphatic heterocycles. The average Bonchev–Trinajstić information content (AvgIpc) is 3.74. The van der Waals surface area contributed by atoms with Crippen LogP contribution in [0.25, 0.3) is 16.9 Å². The number of pyridine rings is 2. The average molecular weight is 594 g/mol. The third kappa shape index (κ3) is 4.90. The van der Waals surface area contributed by atoms with Crippen LogP contribution in [-0.4, -0.2) is 81.9 Å². The molecule has 0 bridgehead atoms. The lowest BCUT2D eigenvalue weighted by Gasteiger charge is -2.47. The van der Waals surface area contributed by atoms with Crippen molar-refractivity contribution >= 4 is 46.0 Å². The first-order chi connectivity index (χ1) is 20.0. The SMILES string of the molecule is C[C@@H]1CN(c2nc3nncn3c3c2ncn3C[C@@H]2CCCO2)[C@@H](C)CN1C(c1ccc(Cl)cn1)c1ccc(Cl)cn1. The van der Waals surface area contributed by atoms with Gasteiger partial charge in [-0.2, -0.15) is 4.98 Å². The van der Waals surface area contributed by atoms with E-state index >= 15 is 0 Å². The van der Waals surface area contributed by atoms with Crippen LogP contribution in [-0.2, 0) is 11.3 Å². The number of fused-ring (bicyclic) bond motifs is 3. The Hall–Kier alpha value is -3.38. The Labute approximate surface area is 247 Å². The van der Waals surface area contributed by atoms with Crippen molar-refractivity contribution in [2.75, 3.05) is 24.6 Å². The van der Waals surface area contributed by atoms with E-state index in [2.05, 4.69) is 48.4 Å². The Morgan fingerprint density at radius 2 is 1.71 bits per heavy atom. The van der Waals surface area contributed by atoms with E-state index in [-0.39, 0.29) is 24.2 Å². The third-order valence-corrected chi connectivity index (χ3v) is 8.56. The number of anilines is 1. The van der Waals surface area contributed by atoms with E-state index in [0.29, 0.717) is 15.8 Å². The summed E-state index contributed by atoms with van der Waals surface area (Å²) in [7, 11) is 0. The smallest absolute Gasteiger partial charge is 0.258 e. The summed E-state index contributed by atoms with van der Waals surface area (Å²) in [5.41, 5.74) is 3.53. The van der Waals surface area contributed by atoms with Crippen molar-refractivity contribution in [1.29, 1.82) is 0 Å². The lowest BCUT2D eigenvalue weighted by molar-refractivity contribution is 0.0977. The first-order valence-electron chi connectivity index (χ1n) is 13.9. The quantitative estimate of drug-likeness (QED) is 0.283. The van der Waals surface area contributed by atoms with Gasteiger partial charge in [0.1, 0.15) is 11.8 Å². The maximum absolute atomic E-state index is 6.19. The van der Waals surface area contributed by atoms with Gasteiger partial charge in [-0.1, -0.05) is 23.2 Å². The number of nitrogens with zero attached hydrogens (tertiary/aromatic N) is 10. The Bertz CT molecular complexity index is 1620. The fraction of sp³-hybridized carbons (Fsp3) is 0.429. The molecular formula is C28H30Cl2N10O. The Balaban J connectivity index is 1.24. The molecule has 0 aromatic carbocycles. The largest absolute Gasteiger partial charge is 0.376 e. The highest BCUT2D eigenvalue weighted by molar-refractivity contribution is 6.30. The van der Waals surface area contributed by atoms with Crippen molar-refractivity contribution in [1.82, 2.24) is 44.0 Å². The van der Waals surface area contributed by atoms with E-state index in [1.807, 2.05) is 35.0 Å². The maximum atomic E-state index is 6.19. The normalized spacial score (nSPS) is 22.0. The second kappa shape index (κ2) is 10.8. The first-order valence-corrected chi connectivity index (χ1v) is 14.6. The van der Waals surface area contributed by atoms with Gasteiger partial charge in [-0.15, -0.1) is 10.2 Å². The highest BCUT2D eigenvalue weighted by atomic mass is 35.5. The van der Waals surface area contributed by atoms with Gasteiger partial charge in [0.25, 0.3) is 5.78 Å². The second-order valence-electron chi connectivity index (χ2n) is 10.9. The first kappa shape index (κ1) is 26.5. The molecule has 13 heteroatoms. The van der Waals surface area contributed by atoms with E-state index in [1.165, 1.54) is 0 Å². The lowest BCUT2D eigenvalue weighted by atomic mass is 9.99. The molecule has 0 spiro atoms. The molecule has 0 N–H and O–H groups in total. The zero-order valence-corrected chi connectivity index (χ0v) is 24.3. The summed E-state index contributed by atoms with van der Waals surface area (Å²) in [5.74, 6) is 1.37. The number of piperazine rings is 1. The van der Waals surface area contributed by atoms with Crippen molar-refractivity contribution in [2.24, 2.45) is 0 Å². The van der Waals surface area contributed by atoms with Gasteiger partial charge in [0, 0.05) is 44.2 Å². The monoisotopic (exact) mass is 592 g/mol. The summed E-state index contributed by atoms with van der Waals surface area (Å²) < 4.78 is 9.98. The molecule has 7 heterocycles. The summed E-state index contributed by atoms with van der Waals surface area (Å²) in [4.78, 5) is 24.0. The van der Waals surface area contributed by atoms with Crippen LogP contribution >= 0.6 is 23.2 Å². The van der Waals surface area contributed by atoms with Crippen molar-refractivity contribution in [3.05, 3.63) is 70.7 Å². The molecule has 0 amide bonds. The number of rotatable bonds is 6. The van der Waals surface area contributed by atoms with Crippen LogP contribution in [0.4, 0.5) is 5.82 Å². The maximum Gasteiger partial charge on any atom is 0.258 e. The van der Waals surface area contributed by atoms with Crippen LogP contribution in [0.1, 0.15) is 44.1 Å². The van der Waals surface area contributed by atoms with Gasteiger partial charge >= 0.3 is 0 Å². The predicted octanol–water partition coefficient (Wildman–Crippen LogP) is 4.44. The number of hydrogen-bond donors (Lipinski definition) is 0. The molecule has 11 nitrogen and oxygen atoms in total. The molecule has 212 valence electrons. The number of imidazole rings is 1. The molecule has 3 atom stereocenters. The number of hydrogen-bond acceptors (Lipinski definition) is 9. The Morgan fingerprint density at radius 1 is 0.951 bits per heavy atom. The lowest BCUT2D eigenvalue weighted by Crippen LogP contribution is -2.58. The summed E-state index contributed by atoms with van der Waals surface area (Å²) in [6, 6.07) is 7.76. The molecule has 0 saturated carbocycles. The van der Waals surface area contributed by atoms with Crippen LogP contribution in [0.5, 0.6) is 0 Å². The fourth-order valence-electron chi connectivity index (χ4n) is 6.13. The molecule has 2 aliphatic rings. The minimum atomic E-state index is -0.165. The zero-order valence-electron chi connectivity index (χ0n) is 22.8. The molecule has 41 heavy (non-hydrogen) atoms. The van der Waals surface area contributed by atoms with Crippen molar-refractivity contribution < 1.29 is 4.74 Å². The van der Waals surface area contributed by atoms with Gasteiger partial charge in [-0.3, -0.25) is 14.9 Å². The topological polar surface area (TPSA) is 102 Å². The van der Waals surface area contributed by atoms with Gasteiger partial charge in [-0.05, 0) is 51.0 Å². The zero-order chi connectivity index (χ0) is 28.1. The molecule has 0 aliphatic carbocycles. The van der Waals surface area contributed by atoms with E-state index in [9.17, 15) is 0 Å². The van der Waals surface area contributed by atoms with E-state index in [0.717, 1.165) is 67.5 Å². The second-order valence-corrected chi connectivity index (χ2v) is 11.8. The number of halogens is 2. The fourth-order valence-corrected chi connectivity index (χ4v) is 6.35. The number of ether oxygens (including phenoxy) is 1. The Morgan fingerprint density at radius 3 is 2.37 bits per heavy atom. The summed E-state index contributed by atoms with van der Waals surface area (Å²) >= 11 is 12.4. The van der Waals surface area contributed by atoms with Crippen LogP contribution in [0, 0.1) is 0 Å². The van der Waals surface area contributed by atoms with E-state index in [4.69, 9.17) is 37.9 Å². The van der Waals surface area contributed by atoms with Gasteiger partial charge in [-0.25, -0.2) is 9.38 Å². The molecule has 0 unspecified atom stereocenters. The van der Waals surface area contributed by atoms with Gasteiger partial charge in [0.15, 0.2) is 11.5 Å². The molecule has 5 aromatic heterocycles. The summed E-state index contributed by atoms with van der Waals surface area (Å²) in [5, 5.41) is 9.67. The summed E-state index contributed by atoms with van der Waals surface area (Å²) in [6.07, 6.45) is 9.27. The molecule has 0 radical (unpaired) electrons. The van der Waals surface area contributed by atoms with Gasteiger partial charge in [0.05, 0.1) is 46.5 Å². The van der Waals surface area contributed by atoms with Crippen molar-refractivity contribution in [3.63, 3.8) is 0 Å². The van der Waals surface area contributed by atoms with E-state index in [1.54, 1.807) is 18.7 Å². The molecule has 7 rings (SSSR count). The van der Waals surface area contributed by atoms with Gasteiger partial charge in [0.2, 0.25) is 0 Å². The van der Waals surface area contributed by atoms with Crippen LogP contribution < -0.4 is 4.90 Å². The molecule has 5 aromatic rings. The van der Waals surface area contributed by atoms with Crippen LogP contribution in [0.15, 0.2) is 49.3 Å². The van der Waals surface area contributed by atoms with Crippen molar-refractivity contribution in [3.8, 4) is 0 Å². The van der Waals surface area contributed by atoms with Crippen LogP contribution in [0.2, 0.25) is 10.0 Å². The molecular weight excluding hydrogens is 563 g/mol. The third-order valence-electron chi connectivity index (χ3n) is 8.11. The minimum Gasteiger partial charge on any atom is -0.376 e. The Kier molecular flexibility index (Phi) is 6.98. The highest BCUT2D eigenvalue weighted by Gasteiger charge is 2.38. The molecule has 2 saturated heterocycles. The highest BCUT2D eigenvalue weighted by Crippen LogP contribution is 2.35. The minimum absolute atomic E-state index is 0.109. The van der Waals surface area contributed by atoms with Gasteiger partial charge < -0.3 is 14.2 Å². The standard InChI is InChI=1S/C28H30Cl2N10O/c1-17-13-39(18(2)12-38(17)25(22-7-5-19(29)10-31-22)23-8-6-20(30)11-32-23)26-24-27(40-16-34-36-28(40)35-26)37(15-33-24)14-21-4-3-9-41-21/h5-8,10-11,15-18,21,25H,3-4,9,12-14H2,1-2H3/t17-,18+,21+/m1/s1. The summed E-state index contributed by atoms with van der Waals surface area (Å²) in [6.45, 7) is 7.45.